The molecule has 120 valence electrons. The number of unbranched alkanes of at least 4 members (excludes halogenated alkanes) is 1. The summed E-state index contributed by atoms with van der Waals surface area (Å²) < 4.78 is 0. The normalized spacial score (nSPS) is 11.4. The van der Waals surface area contributed by atoms with E-state index in [1.807, 2.05) is 6.20 Å². The molecule has 4 heteroatoms. The molecule has 2 rings (SSSR count). The number of nitrogens with zero attached hydrogens (tertiary/aromatic N) is 2. The van der Waals surface area contributed by atoms with Crippen molar-refractivity contribution in [1.29, 1.82) is 0 Å². The number of aromatic nitrogens is 2. The van der Waals surface area contributed by atoms with Crippen LogP contribution in [-0.4, -0.2) is 34.7 Å². The lowest BCUT2D eigenvalue weighted by atomic mass is 10.1. The first-order valence-electron chi connectivity index (χ1n) is 8.18. The summed E-state index contributed by atoms with van der Waals surface area (Å²) in [5.41, 5.74) is 4.72. The zero-order chi connectivity index (χ0) is 15.9. The van der Waals surface area contributed by atoms with E-state index in [1.54, 1.807) is 0 Å². The smallest absolute Gasteiger partial charge is 0.0695 e. The highest BCUT2D eigenvalue weighted by Crippen LogP contribution is 2.24. The Hall–Kier alpha value is -1.81. The van der Waals surface area contributed by atoms with Gasteiger partial charge in [0.05, 0.1) is 11.9 Å². The van der Waals surface area contributed by atoms with E-state index in [4.69, 9.17) is 0 Å². The Labute approximate surface area is 133 Å². The third-order valence-electron chi connectivity index (χ3n) is 3.68. The van der Waals surface area contributed by atoms with Crippen molar-refractivity contribution < 1.29 is 0 Å². The molecule has 1 aromatic heterocycles. The number of H-pyrrole nitrogens is 1. The van der Waals surface area contributed by atoms with Crippen LogP contribution in [0.5, 0.6) is 0 Å². The monoisotopic (exact) mass is 300 g/mol. The van der Waals surface area contributed by atoms with Crippen LogP contribution in [0.1, 0.15) is 39.2 Å². The molecule has 0 saturated carbocycles. The molecule has 0 aliphatic carbocycles. The summed E-state index contributed by atoms with van der Waals surface area (Å²) in [7, 11) is 2.17. The second-order valence-corrected chi connectivity index (χ2v) is 6.24. The van der Waals surface area contributed by atoms with Crippen LogP contribution in [-0.2, 0) is 6.54 Å². The topological polar surface area (TPSA) is 44.0 Å². The minimum Gasteiger partial charge on any atom is -0.383 e. The van der Waals surface area contributed by atoms with E-state index < -0.39 is 0 Å². The molecule has 22 heavy (non-hydrogen) atoms. The van der Waals surface area contributed by atoms with Crippen LogP contribution in [0.2, 0.25) is 0 Å². The summed E-state index contributed by atoms with van der Waals surface area (Å²) in [4.78, 5) is 2.35. The van der Waals surface area contributed by atoms with Gasteiger partial charge in [-0.25, -0.2) is 0 Å². The van der Waals surface area contributed by atoms with Crippen molar-refractivity contribution >= 4 is 5.69 Å². The molecule has 0 bridgehead atoms. The fraction of sp³-hybridized carbons (Fsp3) is 0.500. The average Bonchev–Trinajstić information content (AvgIpc) is 2.93. The number of aromatic amines is 1. The van der Waals surface area contributed by atoms with E-state index in [0.29, 0.717) is 6.04 Å². The summed E-state index contributed by atoms with van der Waals surface area (Å²) >= 11 is 0. The van der Waals surface area contributed by atoms with Crippen molar-refractivity contribution in [3.8, 4) is 11.3 Å². The molecule has 2 N–H and O–H groups in total. The highest BCUT2D eigenvalue weighted by Gasteiger charge is 2.10. The molecule has 2 aromatic rings. The zero-order valence-electron chi connectivity index (χ0n) is 14.2. The van der Waals surface area contributed by atoms with Gasteiger partial charge >= 0.3 is 0 Å². The molecule has 0 aliphatic heterocycles. The van der Waals surface area contributed by atoms with Crippen LogP contribution < -0.4 is 5.32 Å². The number of rotatable bonds is 8. The van der Waals surface area contributed by atoms with E-state index >= 15 is 0 Å². The quantitative estimate of drug-likeness (QED) is 0.770. The molecule has 1 aromatic carbocycles. The van der Waals surface area contributed by atoms with Gasteiger partial charge in [-0.2, -0.15) is 5.10 Å². The second kappa shape index (κ2) is 7.99. The molecule has 0 spiro atoms. The minimum absolute atomic E-state index is 0.445. The molecule has 0 radical (unpaired) electrons. The lowest BCUT2D eigenvalue weighted by Gasteiger charge is -2.16. The number of nitrogens with one attached hydrogen (secondary N) is 2. The Bertz CT molecular complexity index is 557. The molecule has 0 amide bonds. The van der Waals surface area contributed by atoms with Gasteiger partial charge in [0.25, 0.3) is 0 Å². The third kappa shape index (κ3) is 4.60. The second-order valence-electron chi connectivity index (χ2n) is 6.24. The van der Waals surface area contributed by atoms with Crippen molar-refractivity contribution in [2.75, 3.05) is 18.9 Å². The summed E-state index contributed by atoms with van der Waals surface area (Å²) in [6.07, 6.45) is 4.41. The van der Waals surface area contributed by atoms with Gasteiger partial charge in [0.2, 0.25) is 0 Å². The maximum atomic E-state index is 4.24. The number of hydrogen-bond donors (Lipinski definition) is 2. The number of anilines is 1. The van der Waals surface area contributed by atoms with Gasteiger partial charge in [-0.3, -0.25) is 5.10 Å². The highest BCUT2D eigenvalue weighted by molar-refractivity contribution is 5.65. The van der Waals surface area contributed by atoms with E-state index in [-0.39, 0.29) is 0 Å². The van der Waals surface area contributed by atoms with Gasteiger partial charge in [0, 0.05) is 29.4 Å². The van der Waals surface area contributed by atoms with E-state index in [0.717, 1.165) is 24.5 Å². The Morgan fingerprint density at radius 3 is 2.59 bits per heavy atom. The Morgan fingerprint density at radius 2 is 1.95 bits per heavy atom. The largest absolute Gasteiger partial charge is 0.383 e. The third-order valence-corrected chi connectivity index (χ3v) is 3.68. The maximum absolute atomic E-state index is 4.24. The number of hydrogen-bond acceptors (Lipinski definition) is 3. The van der Waals surface area contributed by atoms with Crippen molar-refractivity contribution in [3.05, 3.63) is 36.0 Å². The van der Waals surface area contributed by atoms with Crippen LogP contribution in [0.25, 0.3) is 11.3 Å². The molecular weight excluding hydrogens is 272 g/mol. The first-order chi connectivity index (χ1) is 10.6. The molecule has 4 nitrogen and oxygen atoms in total. The van der Waals surface area contributed by atoms with Crippen molar-refractivity contribution in [1.82, 2.24) is 15.1 Å². The summed E-state index contributed by atoms with van der Waals surface area (Å²) in [5, 5.41) is 10.8. The Balaban J connectivity index is 2.08. The van der Waals surface area contributed by atoms with Crippen molar-refractivity contribution in [2.45, 2.75) is 46.2 Å². The number of benzene rings is 1. The Kier molecular flexibility index (Phi) is 6.01. The average molecular weight is 300 g/mol. The summed E-state index contributed by atoms with van der Waals surface area (Å²) in [5.74, 6) is 0. The minimum atomic E-state index is 0.445. The first kappa shape index (κ1) is 16.6. The molecule has 0 unspecified atom stereocenters. The van der Waals surface area contributed by atoms with Crippen LogP contribution in [0.15, 0.2) is 30.5 Å². The van der Waals surface area contributed by atoms with Gasteiger partial charge in [-0.1, -0.05) is 25.5 Å². The lowest BCUT2D eigenvalue weighted by molar-refractivity contribution is 0.321. The lowest BCUT2D eigenvalue weighted by Crippen LogP contribution is -2.19. The zero-order valence-corrected chi connectivity index (χ0v) is 14.2. The van der Waals surface area contributed by atoms with Gasteiger partial charge < -0.3 is 10.2 Å². The standard InChI is InChI=1S/C18H28N4/c1-5-6-11-22(4)13-16-12-19-21-18(16)15-7-9-17(10-8-15)20-14(2)3/h7-10,12,14,20H,5-6,11,13H2,1-4H3,(H,19,21). The fourth-order valence-corrected chi connectivity index (χ4v) is 2.55. The van der Waals surface area contributed by atoms with E-state index in [9.17, 15) is 0 Å². The van der Waals surface area contributed by atoms with Gasteiger partial charge in [0.1, 0.15) is 0 Å². The first-order valence-corrected chi connectivity index (χ1v) is 8.18. The van der Waals surface area contributed by atoms with E-state index in [2.05, 4.69) is 72.5 Å². The van der Waals surface area contributed by atoms with Crippen LogP contribution in [0, 0.1) is 0 Å². The van der Waals surface area contributed by atoms with Gasteiger partial charge in [0.15, 0.2) is 0 Å². The SMILES string of the molecule is CCCCN(C)Cc1cn[nH]c1-c1ccc(NC(C)C)cc1. The molecular formula is C18H28N4. The highest BCUT2D eigenvalue weighted by atomic mass is 15.1. The molecule has 0 atom stereocenters. The molecule has 0 aliphatic rings. The van der Waals surface area contributed by atoms with Crippen LogP contribution >= 0.6 is 0 Å². The molecule has 0 fully saturated rings. The fourth-order valence-electron chi connectivity index (χ4n) is 2.55. The Morgan fingerprint density at radius 1 is 1.23 bits per heavy atom. The predicted molar refractivity (Wildman–Crippen MR) is 94.0 cm³/mol. The van der Waals surface area contributed by atoms with Crippen LogP contribution in [0.4, 0.5) is 5.69 Å². The predicted octanol–water partition coefficient (Wildman–Crippen LogP) is 4.13. The summed E-state index contributed by atoms with van der Waals surface area (Å²) in [6, 6.07) is 8.99. The van der Waals surface area contributed by atoms with Crippen molar-refractivity contribution in [3.63, 3.8) is 0 Å². The van der Waals surface area contributed by atoms with Crippen molar-refractivity contribution in [2.24, 2.45) is 0 Å². The molecule has 0 saturated heterocycles. The summed E-state index contributed by atoms with van der Waals surface area (Å²) in [6.45, 7) is 8.57. The maximum Gasteiger partial charge on any atom is 0.0695 e. The molecule has 1 heterocycles. The van der Waals surface area contributed by atoms with Gasteiger partial charge in [-0.05, 0) is 46.0 Å². The van der Waals surface area contributed by atoms with Gasteiger partial charge in [-0.15, -0.1) is 0 Å². The van der Waals surface area contributed by atoms with Crippen LogP contribution in [0.3, 0.4) is 0 Å². The van der Waals surface area contributed by atoms with E-state index in [1.165, 1.54) is 24.0 Å².